The first kappa shape index (κ1) is 13.4. The minimum Gasteiger partial charge on any atom is -0.274 e. The lowest BCUT2D eigenvalue weighted by Gasteiger charge is -2.19. The number of nitrogens with zero attached hydrogens (tertiary/aromatic N) is 1. The lowest BCUT2D eigenvalue weighted by atomic mass is 9.86. The van der Waals surface area contributed by atoms with Gasteiger partial charge in [-0.05, 0) is 23.5 Å². The molecule has 0 aliphatic carbocycles. The van der Waals surface area contributed by atoms with Crippen LogP contribution in [-0.2, 0) is 10.2 Å². The van der Waals surface area contributed by atoms with Gasteiger partial charge in [0.25, 0.3) is 0 Å². The lowest BCUT2D eigenvalue weighted by molar-refractivity contribution is -0.118. The van der Waals surface area contributed by atoms with Gasteiger partial charge in [0.05, 0.1) is 5.71 Å². The topological polar surface area (TPSA) is 41.5 Å². The molecule has 0 aromatic heterocycles. The summed E-state index contributed by atoms with van der Waals surface area (Å²) in [6, 6.07) is 8.26. The molecular formula is C14H20N2O. The zero-order valence-corrected chi connectivity index (χ0v) is 11.2. The van der Waals surface area contributed by atoms with Crippen molar-refractivity contribution in [2.24, 2.45) is 5.10 Å². The summed E-state index contributed by atoms with van der Waals surface area (Å²) in [6.45, 7) is 9.86. The fourth-order valence-electron chi connectivity index (χ4n) is 1.44. The van der Waals surface area contributed by atoms with Crippen molar-refractivity contribution in [3.63, 3.8) is 0 Å². The van der Waals surface area contributed by atoms with Crippen LogP contribution in [0.4, 0.5) is 0 Å². The highest BCUT2D eigenvalue weighted by atomic mass is 16.2. The van der Waals surface area contributed by atoms with Crippen LogP contribution in [0.5, 0.6) is 0 Å². The summed E-state index contributed by atoms with van der Waals surface area (Å²) in [4.78, 5) is 10.7. The van der Waals surface area contributed by atoms with Gasteiger partial charge in [-0.25, -0.2) is 5.43 Å². The maximum Gasteiger partial charge on any atom is 0.236 e. The van der Waals surface area contributed by atoms with E-state index in [1.165, 1.54) is 12.5 Å². The molecule has 0 fully saturated rings. The summed E-state index contributed by atoms with van der Waals surface area (Å²) in [5.41, 5.74) is 5.70. The summed E-state index contributed by atoms with van der Waals surface area (Å²) in [6.07, 6.45) is 0. The number of hydrogen-bond acceptors (Lipinski definition) is 2. The molecule has 0 unspecified atom stereocenters. The average Bonchev–Trinajstić information content (AvgIpc) is 2.25. The SMILES string of the molecule is CC(=O)N/N=C(/C)c1ccc(C(C)(C)C)cc1. The molecule has 1 rings (SSSR count). The van der Waals surface area contributed by atoms with E-state index < -0.39 is 0 Å². The molecule has 0 aliphatic heterocycles. The molecule has 3 heteroatoms. The Hall–Kier alpha value is -1.64. The number of benzene rings is 1. The van der Waals surface area contributed by atoms with Crippen molar-refractivity contribution in [1.29, 1.82) is 0 Å². The molecule has 0 heterocycles. The normalized spacial score (nSPS) is 12.4. The van der Waals surface area contributed by atoms with Crippen LogP contribution >= 0.6 is 0 Å². The lowest BCUT2D eigenvalue weighted by Crippen LogP contribution is -2.15. The fraction of sp³-hybridized carbons (Fsp3) is 0.429. The predicted molar refractivity (Wildman–Crippen MR) is 71.2 cm³/mol. The predicted octanol–water partition coefficient (Wildman–Crippen LogP) is 2.84. The molecule has 0 radical (unpaired) electrons. The van der Waals surface area contributed by atoms with Crippen molar-refractivity contribution in [3.8, 4) is 0 Å². The van der Waals surface area contributed by atoms with Crippen LogP contribution in [0.15, 0.2) is 29.4 Å². The highest BCUT2D eigenvalue weighted by molar-refractivity contribution is 5.99. The largest absolute Gasteiger partial charge is 0.274 e. The third kappa shape index (κ3) is 4.02. The van der Waals surface area contributed by atoms with E-state index in [9.17, 15) is 4.79 Å². The highest BCUT2D eigenvalue weighted by Crippen LogP contribution is 2.22. The van der Waals surface area contributed by atoms with Crippen LogP contribution < -0.4 is 5.43 Å². The van der Waals surface area contributed by atoms with E-state index in [0.717, 1.165) is 11.3 Å². The Morgan fingerprint density at radius 2 is 1.65 bits per heavy atom. The van der Waals surface area contributed by atoms with Gasteiger partial charge >= 0.3 is 0 Å². The Balaban J connectivity index is 2.88. The number of carbonyl (C=O) groups excluding carboxylic acids is 1. The van der Waals surface area contributed by atoms with E-state index in [0.29, 0.717) is 0 Å². The Bertz CT molecular complexity index is 425. The van der Waals surface area contributed by atoms with E-state index in [1.54, 1.807) is 0 Å². The average molecular weight is 232 g/mol. The first-order valence-electron chi connectivity index (χ1n) is 5.72. The minimum absolute atomic E-state index is 0.154. The van der Waals surface area contributed by atoms with Crippen molar-refractivity contribution < 1.29 is 4.79 Å². The summed E-state index contributed by atoms with van der Waals surface area (Å²) < 4.78 is 0. The number of carbonyl (C=O) groups is 1. The first-order chi connectivity index (χ1) is 7.80. The van der Waals surface area contributed by atoms with Crippen molar-refractivity contribution in [2.75, 3.05) is 0 Å². The van der Waals surface area contributed by atoms with Crippen LogP contribution in [0.1, 0.15) is 45.7 Å². The van der Waals surface area contributed by atoms with E-state index in [2.05, 4.69) is 43.4 Å². The summed E-state index contributed by atoms with van der Waals surface area (Å²) >= 11 is 0. The minimum atomic E-state index is -0.157. The van der Waals surface area contributed by atoms with Crippen molar-refractivity contribution >= 4 is 11.6 Å². The Morgan fingerprint density at radius 1 is 1.12 bits per heavy atom. The van der Waals surface area contributed by atoms with Gasteiger partial charge in [-0.1, -0.05) is 45.0 Å². The molecule has 17 heavy (non-hydrogen) atoms. The first-order valence-corrected chi connectivity index (χ1v) is 5.72. The second-order valence-corrected chi connectivity index (χ2v) is 5.19. The molecule has 0 aliphatic rings. The van der Waals surface area contributed by atoms with Gasteiger partial charge in [-0.15, -0.1) is 0 Å². The zero-order valence-electron chi connectivity index (χ0n) is 11.2. The number of nitrogens with one attached hydrogen (secondary N) is 1. The van der Waals surface area contributed by atoms with E-state index in [-0.39, 0.29) is 11.3 Å². The Kier molecular flexibility index (Phi) is 4.05. The zero-order chi connectivity index (χ0) is 13.1. The molecule has 1 aromatic carbocycles. The fourth-order valence-corrected chi connectivity index (χ4v) is 1.44. The quantitative estimate of drug-likeness (QED) is 0.618. The third-order valence-electron chi connectivity index (χ3n) is 2.55. The van der Waals surface area contributed by atoms with E-state index in [1.807, 2.05) is 19.1 Å². The maximum atomic E-state index is 10.7. The molecular weight excluding hydrogens is 212 g/mol. The van der Waals surface area contributed by atoms with Crippen molar-refractivity contribution in [2.45, 2.75) is 40.0 Å². The second kappa shape index (κ2) is 5.13. The molecule has 1 amide bonds. The van der Waals surface area contributed by atoms with Gasteiger partial charge in [0.1, 0.15) is 0 Å². The molecule has 1 N–H and O–H groups in total. The van der Waals surface area contributed by atoms with Gasteiger partial charge in [0.15, 0.2) is 0 Å². The van der Waals surface area contributed by atoms with Crippen molar-refractivity contribution in [1.82, 2.24) is 5.43 Å². The van der Waals surface area contributed by atoms with Crippen LogP contribution in [0.2, 0.25) is 0 Å². The Morgan fingerprint density at radius 3 is 2.06 bits per heavy atom. The molecule has 0 saturated carbocycles. The monoisotopic (exact) mass is 232 g/mol. The number of amides is 1. The summed E-state index contributed by atoms with van der Waals surface area (Å²) in [5.74, 6) is -0.157. The number of hydrazone groups is 1. The van der Waals surface area contributed by atoms with Gasteiger partial charge in [0.2, 0.25) is 5.91 Å². The molecule has 92 valence electrons. The standard InChI is InChI=1S/C14H20N2O/c1-10(15-16-11(2)17)12-6-8-13(9-7-12)14(3,4)5/h6-9H,1-5H3,(H,16,17)/b15-10-. The molecule has 1 aromatic rings. The van der Waals surface area contributed by atoms with Crippen LogP contribution in [0, 0.1) is 0 Å². The van der Waals surface area contributed by atoms with Gasteiger partial charge in [-0.2, -0.15) is 5.10 Å². The highest BCUT2D eigenvalue weighted by Gasteiger charge is 2.13. The molecule has 3 nitrogen and oxygen atoms in total. The summed E-state index contributed by atoms with van der Waals surface area (Å²) in [7, 11) is 0. The summed E-state index contributed by atoms with van der Waals surface area (Å²) in [5, 5.41) is 4.00. The smallest absolute Gasteiger partial charge is 0.236 e. The Labute approximate surface area is 103 Å². The van der Waals surface area contributed by atoms with Gasteiger partial charge in [0, 0.05) is 6.92 Å². The van der Waals surface area contributed by atoms with Crippen molar-refractivity contribution in [3.05, 3.63) is 35.4 Å². The van der Waals surface area contributed by atoms with E-state index in [4.69, 9.17) is 0 Å². The molecule has 0 saturated heterocycles. The maximum absolute atomic E-state index is 10.7. The van der Waals surface area contributed by atoms with Crippen LogP contribution in [0.25, 0.3) is 0 Å². The third-order valence-corrected chi connectivity index (χ3v) is 2.55. The molecule has 0 spiro atoms. The van der Waals surface area contributed by atoms with Gasteiger partial charge in [-0.3, -0.25) is 4.79 Å². The molecule has 0 atom stereocenters. The van der Waals surface area contributed by atoms with Crippen LogP contribution in [0.3, 0.4) is 0 Å². The van der Waals surface area contributed by atoms with Crippen LogP contribution in [-0.4, -0.2) is 11.6 Å². The van der Waals surface area contributed by atoms with Gasteiger partial charge < -0.3 is 0 Å². The number of rotatable bonds is 2. The molecule has 0 bridgehead atoms. The number of hydrogen-bond donors (Lipinski definition) is 1. The van der Waals surface area contributed by atoms with E-state index >= 15 is 0 Å². The second-order valence-electron chi connectivity index (χ2n) is 5.19.